The quantitative estimate of drug-likeness (QED) is 0.434. The van der Waals surface area contributed by atoms with Crippen molar-refractivity contribution in [2.24, 2.45) is 0 Å². The first-order valence-electron chi connectivity index (χ1n) is 8.85. The number of rotatable bonds is 4. The molecule has 2 aliphatic rings. The van der Waals surface area contributed by atoms with Gasteiger partial charge in [-0.05, 0) is 30.4 Å². The second kappa shape index (κ2) is 7.77. The third-order valence-corrected chi connectivity index (χ3v) is 5.97. The Hall–Kier alpha value is -3.43. The maximum absolute atomic E-state index is 13.1. The number of phenolic OH excluding ortho intramolecular Hbond substituents is 1. The summed E-state index contributed by atoms with van der Waals surface area (Å²) in [6.07, 6.45) is 1.61. The fraction of sp³-hybridized carbons (Fsp3) is 0.0476. The topological polar surface area (TPSA) is 90.0 Å². The highest BCUT2D eigenvalue weighted by molar-refractivity contribution is 8.26. The van der Waals surface area contributed by atoms with Crippen LogP contribution in [0.3, 0.4) is 0 Å². The molecule has 1 fully saturated rings. The van der Waals surface area contributed by atoms with Crippen LogP contribution in [0.2, 0.25) is 0 Å². The molecule has 0 aromatic heterocycles. The van der Waals surface area contributed by atoms with Gasteiger partial charge in [0.05, 0.1) is 21.7 Å². The van der Waals surface area contributed by atoms with E-state index >= 15 is 0 Å². The molecular weight excluding hydrogens is 422 g/mol. The molecule has 0 unspecified atom stereocenters. The number of nitrogens with one attached hydrogen (secondary N) is 1. The van der Waals surface area contributed by atoms with Crippen LogP contribution in [-0.4, -0.2) is 38.7 Å². The van der Waals surface area contributed by atoms with Crippen molar-refractivity contribution in [3.8, 4) is 5.75 Å². The summed E-state index contributed by atoms with van der Waals surface area (Å²) in [5, 5.41) is 10.8. The molecule has 0 bridgehead atoms. The lowest BCUT2D eigenvalue weighted by molar-refractivity contribution is -0.124. The number of benzene rings is 2. The molecule has 2 aromatic rings. The Kier molecular flexibility index (Phi) is 5.15. The zero-order valence-corrected chi connectivity index (χ0v) is 17.1. The van der Waals surface area contributed by atoms with Gasteiger partial charge in [0, 0.05) is 12.1 Å². The van der Waals surface area contributed by atoms with Crippen molar-refractivity contribution in [2.75, 3.05) is 11.4 Å². The van der Waals surface area contributed by atoms with Gasteiger partial charge in [-0.3, -0.25) is 19.8 Å². The average Bonchev–Trinajstić information content (AvgIpc) is 3.16. The normalized spacial score (nSPS) is 18.1. The van der Waals surface area contributed by atoms with E-state index in [0.717, 1.165) is 16.8 Å². The van der Waals surface area contributed by atoms with Crippen molar-refractivity contribution in [3.05, 3.63) is 77.2 Å². The van der Waals surface area contributed by atoms with Crippen LogP contribution in [0.4, 0.5) is 5.69 Å². The predicted octanol–water partition coefficient (Wildman–Crippen LogP) is 2.84. The maximum Gasteiger partial charge on any atom is 0.286 e. The van der Waals surface area contributed by atoms with Gasteiger partial charge < -0.3 is 10.0 Å². The first-order valence-corrected chi connectivity index (χ1v) is 10.1. The highest BCUT2D eigenvalue weighted by Crippen LogP contribution is 2.44. The summed E-state index contributed by atoms with van der Waals surface area (Å²) in [6.45, 7) is 3.98. The summed E-state index contributed by atoms with van der Waals surface area (Å²) in [5.41, 5.74) is 3.95. The van der Waals surface area contributed by atoms with Crippen LogP contribution in [-0.2, 0) is 9.59 Å². The largest absolute Gasteiger partial charge is 0.507 e. The minimum atomic E-state index is -0.693. The molecule has 2 N–H and O–H groups in total. The molecule has 1 saturated heterocycles. The smallest absolute Gasteiger partial charge is 0.286 e. The standard InChI is InChI=1S/C21H15N3O4S2/c1-2-11-23-14-9-5-3-7-12(14)16(19(23)27)17-20(28)24(21(29)30-17)22-18(26)13-8-4-6-10-15(13)25/h2-10,25H,1,11H2,(H,22,26). The number of hydrazine groups is 1. The van der Waals surface area contributed by atoms with Gasteiger partial charge in [-0.15, -0.1) is 6.58 Å². The number of carbonyl (C=O) groups is 3. The second-order valence-corrected chi connectivity index (χ2v) is 8.04. The number of aromatic hydroxyl groups is 1. The number of amides is 3. The molecule has 7 nitrogen and oxygen atoms in total. The molecule has 2 aliphatic heterocycles. The molecule has 2 aromatic carbocycles. The van der Waals surface area contributed by atoms with Crippen molar-refractivity contribution in [1.29, 1.82) is 0 Å². The van der Waals surface area contributed by atoms with Gasteiger partial charge in [-0.2, -0.15) is 5.01 Å². The van der Waals surface area contributed by atoms with E-state index in [1.54, 1.807) is 36.4 Å². The minimum Gasteiger partial charge on any atom is -0.507 e. The summed E-state index contributed by atoms with van der Waals surface area (Å²) >= 11 is 6.21. The Morgan fingerprint density at radius 1 is 1.13 bits per heavy atom. The van der Waals surface area contributed by atoms with Crippen molar-refractivity contribution in [1.82, 2.24) is 10.4 Å². The van der Waals surface area contributed by atoms with Crippen LogP contribution in [0.25, 0.3) is 5.57 Å². The van der Waals surface area contributed by atoms with E-state index in [0.29, 0.717) is 17.8 Å². The van der Waals surface area contributed by atoms with Crippen LogP contribution in [0.15, 0.2) is 66.1 Å². The van der Waals surface area contributed by atoms with Crippen LogP contribution in [0, 0.1) is 0 Å². The SMILES string of the molecule is C=CCN1C(=O)C(=C2SC(=S)N(NC(=O)c3ccccc3O)C2=O)c2ccccc21. The lowest BCUT2D eigenvalue weighted by Crippen LogP contribution is -2.45. The Labute approximate surface area is 181 Å². The van der Waals surface area contributed by atoms with Gasteiger partial charge in [-0.1, -0.05) is 48.2 Å². The zero-order valence-electron chi connectivity index (χ0n) is 15.5. The van der Waals surface area contributed by atoms with E-state index in [2.05, 4.69) is 12.0 Å². The third kappa shape index (κ3) is 3.17. The summed E-state index contributed by atoms with van der Waals surface area (Å²) in [6, 6.07) is 13.1. The molecule has 0 radical (unpaired) electrons. The number of para-hydroxylation sites is 2. The fourth-order valence-electron chi connectivity index (χ4n) is 3.25. The number of hydrogen-bond acceptors (Lipinski definition) is 6. The predicted molar refractivity (Wildman–Crippen MR) is 119 cm³/mol. The van der Waals surface area contributed by atoms with Crippen molar-refractivity contribution in [2.45, 2.75) is 0 Å². The van der Waals surface area contributed by atoms with E-state index in [1.165, 1.54) is 17.0 Å². The van der Waals surface area contributed by atoms with Gasteiger partial charge in [-0.25, -0.2) is 0 Å². The number of fused-ring (bicyclic) bond motifs is 1. The van der Waals surface area contributed by atoms with Crippen molar-refractivity contribution >= 4 is 57.3 Å². The van der Waals surface area contributed by atoms with Crippen LogP contribution < -0.4 is 10.3 Å². The van der Waals surface area contributed by atoms with Crippen LogP contribution >= 0.6 is 24.0 Å². The number of carbonyl (C=O) groups excluding carboxylic acids is 3. The minimum absolute atomic E-state index is 0.00125. The summed E-state index contributed by atoms with van der Waals surface area (Å²) in [4.78, 5) is 40.3. The highest BCUT2D eigenvalue weighted by Gasteiger charge is 2.42. The first-order chi connectivity index (χ1) is 14.4. The maximum atomic E-state index is 13.1. The van der Waals surface area contributed by atoms with E-state index in [1.807, 2.05) is 6.07 Å². The summed E-state index contributed by atoms with van der Waals surface area (Å²) in [7, 11) is 0. The molecule has 30 heavy (non-hydrogen) atoms. The van der Waals surface area contributed by atoms with E-state index in [9.17, 15) is 19.5 Å². The van der Waals surface area contributed by atoms with E-state index in [4.69, 9.17) is 12.2 Å². The van der Waals surface area contributed by atoms with Crippen molar-refractivity contribution < 1.29 is 19.5 Å². The zero-order chi connectivity index (χ0) is 21.4. The Morgan fingerprint density at radius 3 is 2.57 bits per heavy atom. The lowest BCUT2D eigenvalue weighted by atomic mass is 10.1. The van der Waals surface area contributed by atoms with Crippen LogP contribution in [0.5, 0.6) is 5.75 Å². The van der Waals surface area contributed by atoms with E-state index in [-0.39, 0.29) is 32.0 Å². The van der Waals surface area contributed by atoms with Gasteiger partial charge in [0.15, 0.2) is 4.32 Å². The molecular formula is C21H15N3O4S2. The molecule has 0 atom stereocenters. The van der Waals surface area contributed by atoms with E-state index < -0.39 is 11.8 Å². The Morgan fingerprint density at radius 2 is 1.83 bits per heavy atom. The number of thiocarbonyl (C=S) groups is 1. The number of anilines is 1. The molecule has 4 rings (SSSR count). The summed E-state index contributed by atoms with van der Waals surface area (Å²) in [5.74, 6) is -1.85. The van der Waals surface area contributed by atoms with Crippen molar-refractivity contribution in [3.63, 3.8) is 0 Å². The number of nitrogens with zero attached hydrogens (tertiary/aromatic N) is 2. The molecule has 150 valence electrons. The monoisotopic (exact) mass is 437 g/mol. The molecule has 0 saturated carbocycles. The second-order valence-electron chi connectivity index (χ2n) is 6.39. The summed E-state index contributed by atoms with van der Waals surface area (Å²) < 4.78 is 0.0822. The molecule has 9 heteroatoms. The third-order valence-electron chi connectivity index (χ3n) is 4.59. The molecule has 0 spiro atoms. The Balaban J connectivity index is 1.69. The Bertz CT molecular complexity index is 1160. The van der Waals surface area contributed by atoms with Gasteiger partial charge in [0.1, 0.15) is 5.75 Å². The fourth-order valence-corrected chi connectivity index (χ4v) is 4.50. The first kappa shape index (κ1) is 19.9. The van der Waals surface area contributed by atoms with Gasteiger partial charge >= 0.3 is 0 Å². The number of thioether (sulfide) groups is 1. The highest BCUT2D eigenvalue weighted by atomic mass is 32.2. The average molecular weight is 438 g/mol. The van der Waals surface area contributed by atoms with Gasteiger partial charge in [0.25, 0.3) is 17.7 Å². The van der Waals surface area contributed by atoms with Crippen LogP contribution in [0.1, 0.15) is 15.9 Å². The molecule has 0 aliphatic carbocycles. The van der Waals surface area contributed by atoms with Gasteiger partial charge in [0.2, 0.25) is 0 Å². The lowest BCUT2D eigenvalue weighted by Gasteiger charge is -2.16. The number of hydrogen-bond donors (Lipinski definition) is 2. The number of phenols is 1. The molecule has 2 heterocycles. The molecule has 3 amide bonds.